The van der Waals surface area contributed by atoms with E-state index in [4.69, 9.17) is 5.11 Å². The molecule has 1 rings (SSSR count). The summed E-state index contributed by atoms with van der Waals surface area (Å²) >= 11 is 1.31. The van der Waals surface area contributed by atoms with Gasteiger partial charge in [-0.3, -0.25) is 4.79 Å². The van der Waals surface area contributed by atoms with Crippen molar-refractivity contribution in [3.63, 3.8) is 0 Å². The van der Waals surface area contributed by atoms with Crippen molar-refractivity contribution in [3.05, 3.63) is 5.82 Å². The second-order valence-electron chi connectivity index (χ2n) is 3.36. The second kappa shape index (κ2) is 5.06. The van der Waals surface area contributed by atoms with Crippen LogP contribution in [0.1, 0.15) is 26.1 Å². The van der Waals surface area contributed by atoms with Crippen LogP contribution in [0.2, 0.25) is 0 Å². The Morgan fingerprint density at radius 1 is 1.67 bits per heavy atom. The standard InChI is InChI=1S/C9H15N3O2S/c1-4-12(6(2)5-8(13)14)9-10-7(3)11-15-9/h6H,4-5H2,1-3H3,(H,13,14). The lowest BCUT2D eigenvalue weighted by Crippen LogP contribution is -2.34. The summed E-state index contributed by atoms with van der Waals surface area (Å²) < 4.78 is 4.09. The fourth-order valence-corrected chi connectivity index (χ4v) is 2.24. The van der Waals surface area contributed by atoms with Gasteiger partial charge in [0.15, 0.2) is 0 Å². The van der Waals surface area contributed by atoms with E-state index < -0.39 is 5.97 Å². The molecule has 1 aromatic heterocycles. The number of aromatic nitrogens is 2. The Hall–Kier alpha value is -1.17. The molecule has 0 spiro atoms. The van der Waals surface area contributed by atoms with Crippen LogP contribution in [0.15, 0.2) is 0 Å². The van der Waals surface area contributed by atoms with Gasteiger partial charge in [0.1, 0.15) is 5.82 Å². The lowest BCUT2D eigenvalue weighted by atomic mass is 10.2. The first-order chi connectivity index (χ1) is 7.04. The average molecular weight is 229 g/mol. The molecule has 1 unspecified atom stereocenters. The Morgan fingerprint density at radius 3 is 2.73 bits per heavy atom. The third kappa shape index (κ3) is 3.16. The minimum Gasteiger partial charge on any atom is -0.481 e. The predicted octanol–water partition coefficient (Wildman–Crippen LogP) is 1.54. The monoisotopic (exact) mass is 229 g/mol. The van der Waals surface area contributed by atoms with Gasteiger partial charge in [-0.15, -0.1) is 0 Å². The van der Waals surface area contributed by atoms with Crippen molar-refractivity contribution in [2.45, 2.75) is 33.2 Å². The van der Waals surface area contributed by atoms with E-state index in [1.54, 1.807) is 0 Å². The minimum atomic E-state index is -0.790. The summed E-state index contributed by atoms with van der Waals surface area (Å²) in [6.45, 7) is 6.43. The van der Waals surface area contributed by atoms with Gasteiger partial charge in [-0.05, 0) is 20.8 Å². The molecule has 84 valence electrons. The van der Waals surface area contributed by atoms with E-state index in [0.29, 0.717) is 0 Å². The first-order valence-corrected chi connectivity index (χ1v) is 5.60. The Balaban J connectivity index is 2.74. The van der Waals surface area contributed by atoms with Crippen LogP contribution in [0.5, 0.6) is 0 Å². The predicted molar refractivity (Wildman–Crippen MR) is 59.4 cm³/mol. The molecule has 15 heavy (non-hydrogen) atoms. The molecule has 0 saturated heterocycles. The van der Waals surface area contributed by atoms with Gasteiger partial charge in [-0.1, -0.05) is 0 Å². The molecule has 1 aromatic rings. The van der Waals surface area contributed by atoms with Gasteiger partial charge in [-0.2, -0.15) is 4.37 Å². The van der Waals surface area contributed by atoms with Gasteiger partial charge in [0, 0.05) is 24.1 Å². The van der Waals surface area contributed by atoms with E-state index in [2.05, 4.69) is 9.36 Å². The summed E-state index contributed by atoms with van der Waals surface area (Å²) in [5.41, 5.74) is 0. The second-order valence-corrected chi connectivity index (χ2v) is 4.09. The zero-order chi connectivity index (χ0) is 11.4. The van der Waals surface area contributed by atoms with Crippen LogP contribution in [0, 0.1) is 6.92 Å². The summed E-state index contributed by atoms with van der Waals surface area (Å²) in [6, 6.07) is -0.0557. The maximum Gasteiger partial charge on any atom is 0.305 e. The Bertz CT molecular complexity index is 340. The van der Waals surface area contributed by atoms with E-state index in [9.17, 15) is 4.79 Å². The van der Waals surface area contributed by atoms with E-state index in [-0.39, 0.29) is 12.5 Å². The zero-order valence-corrected chi connectivity index (χ0v) is 9.91. The van der Waals surface area contributed by atoms with Gasteiger partial charge < -0.3 is 10.0 Å². The number of rotatable bonds is 5. The third-order valence-corrected chi connectivity index (χ3v) is 2.95. The molecule has 0 aliphatic rings. The molecule has 6 heteroatoms. The maximum atomic E-state index is 10.6. The van der Waals surface area contributed by atoms with Crippen LogP contribution in [0.25, 0.3) is 0 Å². The van der Waals surface area contributed by atoms with Crippen molar-refractivity contribution in [3.8, 4) is 0 Å². The highest BCUT2D eigenvalue weighted by Gasteiger charge is 2.18. The Labute approximate surface area is 92.9 Å². The van der Waals surface area contributed by atoms with Crippen LogP contribution in [-0.4, -0.2) is 33.0 Å². The molecule has 5 nitrogen and oxygen atoms in total. The van der Waals surface area contributed by atoms with Crippen molar-refractivity contribution in [1.29, 1.82) is 0 Å². The number of carbonyl (C=O) groups is 1. The van der Waals surface area contributed by atoms with Crippen molar-refractivity contribution in [2.75, 3.05) is 11.4 Å². The number of carboxylic acid groups (broad SMARTS) is 1. The van der Waals surface area contributed by atoms with Gasteiger partial charge in [-0.25, -0.2) is 4.98 Å². The normalized spacial score (nSPS) is 12.5. The molecule has 1 N–H and O–H groups in total. The molecule has 0 amide bonds. The molecular weight excluding hydrogens is 214 g/mol. The molecule has 1 atom stereocenters. The van der Waals surface area contributed by atoms with E-state index in [0.717, 1.165) is 17.5 Å². The first kappa shape index (κ1) is 11.9. The molecule has 0 aliphatic heterocycles. The van der Waals surface area contributed by atoms with Gasteiger partial charge in [0.05, 0.1) is 6.42 Å². The maximum absolute atomic E-state index is 10.6. The van der Waals surface area contributed by atoms with E-state index in [1.165, 1.54) is 11.5 Å². The summed E-state index contributed by atoms with van der Waals surface area (Å²) in [4.78, 5) is 16.8. The quantitative estimate of drug-likeness (QED) is 0.829. The number of hydrogen-bond acceptors (Lipinski definition) is 5. The van der Waals surface area contributed by atoms with Crippen LogP contribution >= 0.6 is 11.5 Å². The first-order valence-electron chi connectivity index (χ1n) is 4.83. The van der Waals surface area contributed by atoms with Gasteiger partial charge in [0.2, 0.25) is 5.13 Å². The topological polar surface area (TPSA) is 66.3 Å². The molecule has 0 bridgehead atoms. The molecule has 0 aliphatic carbocycles. The molecule has 1 heterocycles. The largest absolute Gasteiger partial charge is 0.481 e. The minimum absolute atomic E-state index is 0.0557. The number of hydrogen-bond donors (Lipinski definition) is 1. The summed E-state index contributed by atoms with van der Waals surface area (Å²) in [5.74, 6) is -0.0573. The fourth-order valence-electron chi connectivity index (χ4n) is 1.40. The number of nitrogens with zero attached hydrogens (tertiary/aromatic N) is 3. The number of aryl methyl sites for hydroxylation is 1. The summed E-state index contributed by atoms with van der Waals surface area (Å²) in [5, 5.41) is 9.52. The highest BCUT2D eigenvalue weighted by molar-refractivity contribution is 7.09. The Morgan fingerprint density at radius 2 is 2.33 bits per heavy atom. The highest BCUT2D eigenvalue weighted by atomic mass is 32.1. The Kier molecular flexibility index (Phi) is 4.02. The van der Waals surface area contributed by atoms with Gasteiger partial charge in [0.25, 0.3) is 0 Å². The number of anilines is 1. The number of aliphatic carboxylic acids is 1. The molecule has 0 saturated carbocycles. The van der Waals surface area contributed by atoms with Gasteiger partial charge >= 0.3 is 5.97 Å². The van der Waals surface area contributed by atoms with Crippen LogP contribution in [0.4, 0.5) is 5.13 Å². The number of carboxylic acids is 1. The van der Waals surface area contributed by atoms with Crippen LogP contribution in [-0.2, 0) is 4.79 Å². The lowest BCUT2D eigenvalue weighted by Gasteiger charge is -2.25. The van der Waals surface area contributed by atoms with Crippen molar-refractivity contribution in [1.82, 2.24) is 9.36 Å². The summed E-state index contributed by atoms with van der Waals surface area (Å²) in [6.07, 6.45) is 0.118. The fraction of sp³-hybridized carbons (Fsp3) is 0.667. The summed E-state index contributed by atoms with van der Waals surface area (Å²) in [7, 11) is 0. The van der Waals surface area contributed by atoms with Crippen molar-refractivity contribution in [2.24, 2.45) is 0 Å². The SMILES string of the molecule is CCN(c1nc(C)ns1)C(C)CC(=O)O. The smallest absolute Gasteiger partial charge is 0.305 e. The van der Waals surface area contributed by atoms with Crippen LogP contribution < -0.4 is 4.90 Å². The zero-order valence-electron chi connectivity index (χ0n) is 9.10. The molecule has 0 fully saturated rings. The molecule has 0 radical (unpaired) electrons. The highest BCUT2D eigenvalue weighted by Crippen LogP contribution is 2.20. The van der Waals surface area contributed by atoms with E-state index >= 15 is 0 Å². The van der Waals surface area contributed by atoms with Crippen LogP contribution in [0.3, 0.4) is 0 Å². The lowest BCUT2D eigenvalue weighted by molar-refractivity contribution is -0.137. The third-order valence-electron chi connectivity index (χ3n) is 2.11. The van der Waals surface area contributed by atoms with E-state index in [1.807, 2.05) is 25.7 Å². The molecular formula is C9H15N3O2S. The van der Waals surface area contributed by atoms with Crippen molar-refractivity contribution < 1.29 is 9.90 Å². The average Bonchev–Trinajstić information content (AvgIpc) is 2.51. The molecule has 0 aromatic carbocycles. The van der Waals surface area contributed by atoms with Crippen molar-refractivity contribution >= 4 is 22.6 Å².